The van der Waals surface area contributed by atoms with E-state index in [2.05, 4.69) is 0 Å². The summed E-state index contributed by atoms with van der Waals surface area (Å²) in [7, 11) is -1.53. The highest BCUT2D eigenvalue weighted by Crippen LogP contribution is 2.21. The van der Waals surface area contributed by atoms with Crippen LogP contribution in [-0.2, 0) is 24.2 Å². The van der Waals surface area contributed by atoms with Gasteiger partial charge in [-0.1, -0.05) is 11.6 Å². The molecule has 1 aromatic rings. The summed E-state index contributed by atoms with van der Waals surface area (Å²) in [6.07, 6.45) is -0.341. The van der Waals surface area contributed by atoms with Crippen LogP contribution in [-0.4, -0.2) is 61.6 Å². The van der Waals surface area contributed by atoms with Gasteiger partial charge in [-0.05, 0) is 37.6 Å². The summed E-state index contributed by atoms with van der Waals surface area (Å²) < 4.78 is 28.3. The van der Waals surface area contributed by atoms with E-state index in [0.717, 1.165) is 4.90 Å². The molecule has 0 aliphatic carbocycles. The monoisotopic (exact) mass is 419 g/mol. The van der Waals surface area contributed by atoms with Crippen molar-refractivity contribution < 1.29 is 22.7 Å². The SMILES string of the molecule is C[C@H](OC(=O)CCSc1ccc(Cl)cc1)C(=O)N(C)[C@H]1CCS(=O)(=O)C1. The number of carbonyl (C=O) groups is 2. The van der Waals surface area contributed by atoms with Crippen LogP contribution < -0.4 is 0 Å². The van der Waals surface area contributed by atoms with Crippen LogP contribution in [0.1, 0.15) is 19.8 Å². The third-order valence-corrected chi connectivity index (χ3v) is 7.16. The summed E-state index contributed by atoms with van der Waals surface area (Å²) in [5, 5.41) is 0.653. The fraction of sp³-hybridized carbons (Fsp3) is 0.529. The highest BCUT2D eigenvalue weighted by molar-refractivity contribution is 7.99. The van der Waals surface area contributed by atoms with Crippen LogP contribution in [0.4, 0.5) is 0 Å². The van der Waals surface area contributed by atoms with Crippen molar-refractivity contribution in [3.8, 4) is 0 Å². The standard InChI is InChI=1S/C17H22ClNO5S2/c1-12(17(21)19(2)14-8-10-26(22,23)11-14)24-16(20)7-9-25-15-5-3-13(18)4-6-15/h3-6,12,14H,7-11H2,1-2H3/t12-,14-/m0/s1. The van der Waals surface area contributed by atoms with E-state index in [0.29, 0.717) is 17.2 Å². The number of hydrogen-bond donors (Lipinski definition) is 0. The minimum absolute atomic E-state index is 0.0341. The number of amides is 1. The molecule has 2 atom stereocenters. The molecule has 0 N–H and O–H groups in total. The molecule has 0 aromatic heterocycles. The fourth-order valence-corrected chi connectivity index (χ4v) is 5.37. The van der Waals surface area contributed by atoms with Gasteiger partial charge < -0.3 is 9.64 Å². The quantitative estimate of drug-likeness (QED) is 0.498. The number of esters is 1. The molecule has 1 aliphatic heterocycles. The molecule has 0 spiro atoms. The molecule has 1 aromatic carbocycles. The molecule has 26 heavy (non-hydrogen) atoms. The number of carbonyl (C=O) groups excluding carboxylic acids is 2. The van der Waals surface area contributed by atoms with E-state index in [1.165, 1.54) is 23.6 Å². The first-order valence-corrected chi connectivity index (χ1v) is 11.4. The first-order valence-electron chi connectivity index (χ1n) is 8.23. The van der Waals surface area contributed by atoms with Crippen molar-refractivity contribution in [2.24, 2.45) is 0 Å². The zero-order chi connectivity index (χ0) is 19.3. The molecule has 1 heterocycles. The number of ether oxygens (including phenoxy) is 1. The van der Waals surface area contributed by atoms with E-state index in [1.807, 2.05) is 12.1 Å². The van der Waals surface area contributed by atoms with Crippen molar-refractivity contribution in [1.29, 1.82) is 0 Å². The molecular weight excluding hydrogens is 398 g/mol. The third-order valence-electron chi connectivity index (χ3n) is 4.15. The van der Waals surface area contributed by atoms with Crippen LogP contribution in [0, 0.1) is 0 Å². The molecule has 1 aliphatic rings. The van der Waals surface area contributed by atoms with Gasteiger partial charge in [-0.3, -0.25) is 9.59 Å². The summed E-state index contributed by atoms with van der Waals surface area (Å²) in [5.41, 5.74) is 0. The Bertz CT molecular complexity index is 751. The lowest BCUT2D eigenvalue weighted by atomic mass is 10.2. The highest BCUT2D eigenvalue weighted by atomic mass is 35.5. The Kier molecular flexibility index (Phi) is 7.37. The van der Waals surface area contributed by atoms with Crippen LogP contribution in [0.2, 0.25) is 5.02 Å². The Labute approximate surface area is 163 Å². The lowest BCUT2D eigenvalue weighted by molar-refractivity contribution is -0.158. The van der Waals surface area contributed by atoms with Crippen LogP contribution in [0.5, 0.6) is 0 Å². The third kappa shape index (κ3) is 6.17. The number of rotatable bonds is 7. The van der Waals surface area contributed by atoms with Crippen LogP contribution in [0.15, 0.2) is 29.2 Å². The van der Waals surface area contributed by atoms with Crippen molar-refractivity contribution in [1.82, 2.24) is 4.90 Å². The van der Waals surface area contributed by atoms with Gasteiger partial charge in [-0.2, -0.15) is 0 Å². The number of thioether (sulfide) groups is 1. The van der Waals surface area contributed by atoms with Gasteiger partial charge in [-0.25, -0.2) is 8.42 Å². The molecule has 1 amide bonds. The topological polar surface area (TPSA) is 80.8 Å². The number of hydrogen-bond acceptors (Lipinski definition) is 6. The summed E-state index contributed by atoms with van der Waals surface area (Å²) in [6, 6.07) is 6.95. The smallest absolute Gasteiger partial charge is 0.307 e. The minimum atomic E-state index is -3.08. The Morgan fingerprint density at radius 3 is 2.58 bits per heavy atom. The molecule has 0 radical (unpaired) electrons. The number of sulfone groups is 1. The maximum atomic E-state index is 12.3. The lowest BCUT2D eigenvalue weighted by Crippen LogP contribution is -2.44. The maximum Gasteiger partial charge on any atom is 0.307 e. The summed E-state index contributed by atoms with van der Waals surface area (Å²) in [4.78, 5) is 26.6. The van der Waals surface area contributed by atoms with E-state index in [4.69, 9.17) is 16.3 Å². The van der Waals surface area contributed by atoms with Gasteiger partial charge in [0.15, 0.2) is 15.9 Å². The van der Waals surface area contributed by atoms with Gasteiger partial charge in [-0.15, -0.1) is 11.8 Å². The molecule has 6 nitrogen and oxygen atoms in total. The maximum absolute atomic E-state index is 12.3. The normalized spacial score (nSPS) is 19.7. The predicted octanol–water partition coefficient (Wildman–Crippen LogP) is 2.40. The van der Waals surface area contributed by atoms with Crippen molar-refractivity contribution in [2.75, 3.05) is 24.3 Å². The van der Waals surface area contributed by atoms with Gasteiger partial charge in [0.2, 0.25) is 0 Å². The second kappa shape index (κ2) is 9.10. The number of halogens is 1. The average molecular weight is 420 g/mol. The summed E-state index contributed by atoms with van der Waals surface area (Å²) in [5.74, 6) is -0.262. The Morgan fingerprint density at radius 2 is 2.00 bits per heavy atom. The molecule has 144 valence electrons. The summed E-state index contributed by atoms with van der Waals surface area (Å²) >= 11 is 7.32. The number of benzene rings is 1. The minimum Gasteiger partial charge on any atom is -0.453 e. The number of likely N-dealkylation sites (N-methyl/N-ethyl adjacent to an activating group) is 1. The first kappa shape index (κ1) is 21.1. The van der Waals surface area contributed by atoms with E-state index in [1.54, 1.807) is 19.2 Å². The molecule has 1 fully saturated rings. The zero-order valence-corrected chi connectivity index (χ0v) is 17.1. The number of nitrogens with zero attached hydrogens (tertiary/aromatic N) is 1. The van der Waals surface area contributed by atoms with E-state index in [9.17, 15) is 18.0 Å². The fourth-order valence-electron chi connectivity index (χ4n) is 2.64. The molecule has 2 rings (SSSR count). The van der Waals surface area contributed by atoms with Gasteiger partial charge >= 0.3 is 5.97 Å². The zero-order valence-electron chi connectivity index (χ0n) is 14.7. The van der Waals surface area contributed by atoms with Crippen LogP contribution in [0.25, 0.3) is 0 Å². The molecular formula is C17H22ClNO5S2. The lowest BCUT2D eigenvalue weighted by Gasteiger charge is -2.26. The average Bonchev–Trinajstić information content (AvgIpc) is 2.95. The molecule has 0 bridgehead atoms. The van der Waals surface area contributed by atoms with Gasteiger partial charge in [0, 0.05) is 28.8 Å². The van der Waals surface area contributed by atoms with Crippen molar-refractivity contribution >= 4 is 45.1 Å². The van der Waals surface area contributed by atoms with E-state index in [-0.39, 0.29) is 29.9 Å². The Morgan fingerprint density at radius 1 is 1.35 bits per heavy atom. The summed E-state index contributed by atoms with van der Waals surface area (Å²) in [6.45, 7) is 1.51. The van der Waals surface area contributed by atoms with Crippen LogP contribution >= 0.6 is 23.4 Å². The molecule has 0 saturated carbocycles. The highest BCUT2D eigenvalue weighted by Gasteiger charge is 2.34. The van der Waals surface area contributed by atoms with Gasteiger partial charge in [0.05, 0.1) is 17.9 Å². The second-order valence-electron chi connectivity index (χ2n) is 6.19. The van der Waals surface area contributed by atoms with Gasteiger partial charge in [0.25, 0.3) is 5.91 Å². The largest absolute Gasteiger partial charge is 0.453 e. The molecule has 0 unspecified atom stereocenters. The van der Waals surface area contributed by atoms with Crippen LogP contribution in [0.3, 0.4) is 0 Å². The Balaban J connectivity index is 1.75. The van der Waals surface area contributed by atoms with Crippen molar-refractivity contribution in [2.45, 2.75) is 36.8 Å². The molecule has 1 saturated heterocycles. The van der Waals surface area contributed by atoms with Crippen molar-refractivity contribution in [3.63, 3.8) is 0 Å². The second-order valence-corrected chi connectivity index (χ2v) is 10.0. The van der Waals surface area contributed by atoms with E-state index < -0.39 is 21.9 Å². The van der Waals surface area contributed by atoms with Gasteiger partial charge in [0.1, 0.15) is 0 Å². The first-order chi connectivity index (χ1) is 12.2. The molecule has 9 heteroatoms. The van der Waals surface area contributed by atoms with Crippen molar-refractivity contribution in [3.05, 3.63) is 29.3 Å². The van der Waals surface area contributed by atoms with E-state index >= 15 is 0 Å². The Hall–Kier alpha value is -1.25. The predicted molar refractivity (Wildman–Crippen MR) is 102 cm³/mol.